The Morgan fingerprint density at radius 1 is 1.36 bits per heavy atom. The summed E-state index contributed by atoms with van der Waals surface area (Å²) in [7, 11) is 0. The summed E-state index contributed by atoms with van der Waals surface area (Å²) in [6.45, 7) is 1.18. The van der Waals surface area contributed by atoms with E-state index in [1.54, 1.807) is 19.1 Å². The van der Waals surface area contributed by atoms with E-state index >= 15 is 0 Å². The highest BCUT2D eigenvalue weighted by Crippen LogP contribution is 2.34. The number of ether oxygens (including phenoxy) is 2. The fourth-order valence-corrected chi connectivity index (χ4v) is 3.00. The van der Waals surface area contributed by atoms with E-state index in [0.717, 1.165) is 29.6 Å². The maximum atomic E-state index is 12.4. The first-order valence-corrected chi connectivity index (χ1v) is 7.82. The van der Waals surface area contributed by atoms with Crippen LogP contribution in [0.25, 0.3) is 0 Å². The lowest BCUT2D eigenvalue weighted by Crippen LogP contribution is -2.21. The number of carbonyl (C=O) groups excluding carboxylic acids is 1. The minimum atomic E-state index is -2.91. The minimum Gasteiger partial charge on any atom is -0.490 e. The second-order valence-corrected chi connectivity index (χ2v) is 5.54. The summed E-state index contributed by atoms with van der Waals surface area (Å²) in [5.41, 5.74) is 1.55. The van der Waals surface area contributed by atoms with Crippen LogP contribution < -0.4 is 9.47 Å². The summed E-state index contributed by atoms with van der Waals surface area (Å²) in [4.78, 5) is 11.5. The Bertz CT molecular complexity index is 578. The number of carbonyl (C=O) groups is 1. The van der Waals surface area contributed by atoms with Crippen molar-refractivity contribution >= 4 is 22.8 Å². The van der Waals surface area contributed by atoms with Gasteiger partial charge in [-0.1, -0.05) is 6.92 Å². The van der Waals surface area contributed by atoms with Crippen LogP contribution in [0.15, 0.2) is 22.6 Å². The Kier molecular flexibility index (Phi) is 5.76. The van der Waals surface area contributed by atoms with Gasteiger partial charge in [0.1, 0.15) is 0 Å². The number of nitrogens with zero attached hydrogens (tertiary/aromatic N) is 1. The third kappa shape index (κ3) is 3.97. The Hall–Kier alpha value is -1.63. The molecule has 0 aromatic heterocycles. The van der Waals surface area contributed by atoms with Crippen LogP contribution >= 0.6 is 11.9 Å². The minimum absolute atomic E-state index is 0.00575. The van der Waals surface area contributed by atoms with Gasteiger partial charge in [0.05, 0.1) is 12.3 Å². The van der Waals surface area contributed by atoms with Crippen molar-refractivity contribution in [3.05, 3.63) is 23.8 Å². The fraction of sp³-hybridized carbons (Fsp3) is 0.467. The molecule has 1 aromatic rings. The molecule has 0 fully saturated rings. The van der Waals surface area contributed by atoms with Crippen molar-refractivity contribution in [2.45, 2.75) is 33.3 Å². The van der Waals surface area contributed by atoms with Crippen LogP contribution in [0.4, 0.5) is 8.78 Å². The Morgan fingerprint density at radius 3 is 2.77 bits per heavy atom. The van der Waals surface area contributed by atoms with Gasteiger partial charge in [-0.2, -0.15) is 8.78 Å². The van der Waals surface area contributed by atoms with Gasteiger partial charge in [0.25, 0.3) is 0 Å². The maximum absolute atomic E-state index is 12.4. The van der Waals surface area contributed by atoms with Crippen LogP contribution in [-0.2, 0) is 4.79 Å². The van der Waals surface area contributed by atoms with Crippen LogP contribution in [0.2, 0.25) is 0 Å². The van der Waals surface area contributed by atoms with E-state index in [-0.39, 0.29) is 22.5 Å². The van der Waals surface area contributed by atoms with Crippen molar-refractivity contribution in [2.24, 2.45) is 10.3 Å². The summed E-state index contributed by atoms with van der Waals surface area (Å²) in [6, 6.07) is 4.75. The molecule has 1 aliphatic rings. The fourth-order valence-electron chi connectivity index (χ4n) is 2.26. The van der Waals surface area contributed by atoms with E-state index in [9.17, 15) is 13.6 Å². The van der Waals surface area contributed by atoms with Gasteiger partial charge in [-0.15, -0.1) is 0 Å². The van der Waals surface area contributed by atoms with Gasteiger partial charge in [0, 0.05) is 29.9 Å². The predicted molar refractivity (Wildman–Crippen MR) is 81.8 cm³/mol. The first-order chi connectivity index (χ1) is 10.5. The zero-order chi connectivity index (χ0) is 16.1. The quantitative estimate of drug-likeness (QED) is 0.738. The zero-order valence-electron chi connectivity index (χ0n) is 12.3. The first-order valence-electron chi connectivity index (χ1n) is 7.04. The van der Waals surface area contributed by atoms with Crippen molar-refractivity contribution in [1.29, 1.82) is 0 Å². The summed E-state index contributed by atoms with van der Waals surface area (Å²) in [5, 5.41) is 0.0401. The molecule has 1 aliphatic heterocycles. The zero-order valence-corrected chi connectivity index (χ0v) is 13.2. The van der Waals surface area contributed by atoms with E-state index < -0.39 is 6.61 Å². The molecule has 0 bridgehead atoms. The number of halogens is 2. The lowest BCUT2D eigenvalue weighted by molar-refractivity contribution is -0.111. The third-order valence-corrected chi connectivity index (χ3v) is 3.95. The summed E-state index contributed by atoms with van der Waals surface area (Å²) in [5.74, 6) is 0.277. The average Bonchev–Trinajstić information content (AvgIpc) is 2.48. The monoisotopic (exact) mass is 329 g/mol. The number of benzene rings is 1. The Balaban J connectivity index is 2.35. The molecule has 0 aliphatic carbocycles. The van der Waals surface area contributed by atoms with Gasteiger partial charge in [-0.25, -0.2) is 4.40 Å². The predicted octanol–water partition coefficient (Wildman–Crippen LogP) is 4.08. The molecular weight excluding hydrogens is 312 g/mol. The maximum Gasteiger partial charge on any atom is 0.387 e. The second kappa shape index (κ2) is 7.58. The standard InChI is InChI=1S/C15H17F2NO3S/c1-3-9-8-13(19)22-18-14(9)10-5-6-11(21-15(16)17)12(7-10)20-4-2/h5-7,9,15H,3-4,8H2,1-2H3. The van der Waals surface area contributed by atoms with Gasteiger partial charge < -0.3 is 9.47 Å². The van der Waals surface area contributed by atoms with Gasteiger partial charge in [-0.3, -0.25) is 4.79 Å². The molecule has 1 unspecified atom stereocenters. The normalized spacial score (nSPS) is 18.3. The molecule has 1 aromatic carbocycles. The molecule has 0 saturated heterocycles. The highest BCUT2D eigenvalue weighted by Gasteiger charge is 2.25. The van der Waals surface area contributed by atoms with Gasteiger partial charge in [0.15, 0.2) is 11.5 Å². The summed E-state index contributed by atoms with van der Waals surface area (Å²) in [6.07, 6.45) is 1.21. The van der Waals surface area contributed by atoms with E-state index in [1.165, 1.54) is 6.07 Å². The van der Waals surface area contributed by atoms with Gasteiger partial charge in [-0.05, 0) is 31.5 Å². The largest absolute Gasteiger partial charge is 0.490 e. The van der Waals surface area contributed by atoms with Crippen molar-refractivity contribution in [1.82, 2.24) is 0 Å². The molecular formula is C15H17F2NO3S. The lowest BCUT2D eigenvalue weighted by atomic mass is 9.91. The number of alkyl halides is 2. The second-order valence-electron chi connectivity index (χ2n) is 4.72. The van der Waals surface area contributed by atoms with E-state index in [0.29, 0.717) is 13.0 Å². The Morgan fingerprint density at radius 2 is 2.14 bits per heavy atom. The Labute approximate surface area is 132 Å². The van der Waals surface area contributed by atoms with E-state index in [2.05, 4.69) is 9.13 Å². The molecule has 0 spiro atoms. The molecule has 0 radical (unpaired) electrons. The van der Waals surface area contributed by atoms with Crippen LogP contribution in [0, 0.1) is 5.92 Å². The summed E-state index contributed by atoms with van der Waals surface area (Å²) >= 11 is 0.931. The molecule has 120 valence electrons. The van der Waals surface area contributed by atoms with Gasteiger partial charge in [0.2, 0.25) is 5.12 Å². The molecule has 0 saturated carbocycles. The first kappa shape index (κ1) is 16.7. The third-order valence-electron chi connectivity index (χ3n) is 3.29. The highest BCUT2D eigenvalue weighted by atomic mass is 32.2. The van der Waals surface area contributed by atoms with E-state index in [1.807, 2.05) is 6.92 Å². The van der Waals surface area contributed by atoms with Gasteiger partial charge >= 0.3 is 6.61 Å². The smallest absolute Gasteiger partial charge is 0.387 e. The molecule has 0 amide bonds. The molecule has 7 heteroatoms. The van der Waals surface area contributed by atoms with Crippen LogP contribution in [0.5, 0.6) is 11.5 Å². The van der Waals surface area contributed by atoms with Crippen LogP contribution in [-0.4, -0.2) is 24.0 Å². The molecule has 0 N–H and O–H groups in total. The SMILES string of the molecule is CCOc1cc(C2=NSC(=O)CC2CC)ccc1OC(F)F. The molecule has 4 nitrogen and oxygen atoms in total. The van der Waals surface area contributed by atoms with Crippen molar-refractivity contribution < 1.29 is 23.0 Å². The molecule has 1 heterocycles. The number of hydrogen-bond donors (Lipinski definition) is 0. The average molecular weight is 329 g/mol. The van der Waals surface area contributed by atoms with E-state index in [4.69, 9.17) is 4.74 Å². The van der Waals surface area contributed by atoms with Crippen molar-refractivity contribution in [3.8, 4) is 11.5 Å². The van der Waals surface area contributed by atoms with Crippen molar-refractivity contribution in [3.63, 3.8) is 0 Å². The highest BCUT2D eigenvalue weighted by molar-refractivity contribution is 8.12. The number of rotatable bonds is 6. The van der Waals surface area contributed by atoms with Crippen LogP contribution in [0.3, 0.4) is 0 Å². The van der Waals surface area contributed by atoms with Crippen LogP contribution in [0.1, 0.15) is 32.3 Å². The molecule has 2 rings (SSSR count). The molecule has 1 atom stereocenters. The summed E-state index contributed by atoms with van der Waals surface area (Å²) < 4.78 is 38.9. The lowest BCUT2D eigenvalue weighted by Gasteiger charge is -2.21. The molecule has 22 heavy (non-hydrogen) atoms. The topological polar surface area (TPSA) is 47.9 Å². The number of hydrogen-bond acceptors (Lipinski definition) is 5. The van der Waals surface area contributed by atoms with Crippen molar-refractivity contribution in [2.75, 3.05) is 6.61 Å².